The summed E-state index contributed by atoms with van der Waals surface area (Å²) in [6.45, 7) is 0.300. The van der Waals surface area contributed by atoms with E-state index in [1.807, 2.05) is 12.1 Å². The molecule has 0 radical (unpaired) electrons. The zero-order valence-electron chi connectivity index (χ0n) is 11.0. The van der Waals surface area contributed by atoms with E-state index in [-0.39, 0.29) is 12.1 Å². The highest BCUT2D eigenvalue weighted by Gasteiger charge is 2.35. The van der Waals surface area contributed by atoms with E-state index in [9.17, 15) is 8.78 Å². The Bertz CT molecular complexity index is 611. The molecule has 2 N–H and O–H groups in total. The van der Waals surface area contributed by atoms with Crippen LogP contribution in [0.1, 0.15) is 11.1 Å². The topological polar surface area (TPSA) is 29.3 Å². The number of nitrogens with two attached hydrogens (primary N) is 1. The van der Waals surface area contributed by atoms with Gasteiger partial charge >= 0.3 is 0 Å². The normalized spacial score (nSPS) is 14.4. The molecule has 104 valence electrons. The summed E-state index contributed by atoms with van der Waals surface area (Å²) < 4.78 is 28.7. The summed E-state index contributed by atoms with van der Waals surface area (Å²) in [7, 11) is 0. The first-order chi connectivity index (χ1) is 9.56. The van der Waals surface area contributed by atoms with Crippen LogP contribution in [0, 0.1) is 0 Å². The molecular weight excluding hydrogens is 258 g/mol. The number of hydrogen-bond acceptors (Lipinski definition) is 2. The quantitative estimate of drug-likeness (QED) is 0.869. The third-order valence-electron chi connectivity index (χ3n) is 3.69. The second-order valence-corrected chi connectivity index (χ2v) is 5.13. The van der Waals surface area contributed by atoms with E-state index in [4.69, 9.17) is 5.73 Å². The first kappa shape index (κ1) is 12.9. The molecule has 4 heteroatoms. The third kappa shape index (κ3) is 2.33. The van der Waals surface area contributed by atoms with Gasteiger partial charge in [0.2, 0.25) is 0 Å². The van der Waals surface area contributed by atoms with Crippen molar-refractivity contribution >= 4 is 11.4 Å². The molecule has 0 bridgehead atoms. The Morgan fingerprint density at radius 2 is 1.85 bits per heavy atom. The van der Waals surface area contributed by atoms with E-state index in [1.54, 1.807) is 29.2 Å². The summed E-state index contributed by atoms with van der Waals surface area (Å²) >= 11 is 0. The molecule has 20 heavy (non-hydrogen) atoms. The molecule has 1 aliphatic rings. The second-order valence-electron chi connectivity index (χ2n) is 5.13. The van der Waals surface area contributed by atoms with E-state index in [1.165, 1.54) is 12.1 Å². The SMILES string of the molecule is Nc1ccc2c(c1)N(CC(F)(F)c1ccccc1)CC2. The van der Waals surface area contributed by atoms with Crippen molar-refractivity contribution in [1.82, 2.24) is 0 Å². The van der Waals surface area contributed by atoms with Gasteiger partial charge in [-0.25, -0.2) is 0 Å². The maximum atomic E-state index is 14.3. The first-order valence-corrected chi connectivity index (χ1v) is 6.63. The van der Waals surface area contributed by atoms with Crippen LogP contribution in [0.5, 0.6) is 0 Å². The minimum atomic E-state index is -2.87. The van der Waals surface area contributed by atoms with Crippen molar-refractivity contribution in [2.24, 2.45) is 0 Å². The molecule has 0 spiro atoms. The Balaban J connectivity index is 1.85. The molecule has 0 aliphatic carbocycles. The highest BCUT2D eigenvalue weighted by molar-refractivity contribution is 5.64. The molecule has 0 aromatic heterocycles. The zero-order chi connectivity index (χ0) is 14.2. The monoisotopic (exact) mass is 274 g/mol. The van der Waals surface area contributed by atoms with Crippen molar-refractivity contribution in [3.05, 3.63) is 59.7 Å². The number of rotatable bonds is 3. The average molecular weight is 274 g/mol. The van der Waals surface area contributed by atoms with Crippen LogP contribution in [0.4, 0.5) is 20.2 Å². The molecule has 0 fully saturated rings. The van der Waals surface area contributed by atoms with Gasteiger partial charge in [0.15, 0.2) is 0 Å². The number of halogens is 2. The van der Waals surface area contributed by atoms with Crippen LogP contribution in [0.3, 0.4) is 0 Å². The van der Waals surface area contributed by atoms with Crippen LogP contribution in [-0.4, -0.2) is 13.1 Å². The van der Waals surface area contributed by atoms with E-state index >= 15 is 0 Å². The lowest BCUT2D eigenvalue weighted by Crippen LogP contribution is -2.34. The number of hydrogen-bond donors (Lipinski definition) is 1. The summed E-state index contributed by atoms with van der Waals surface area (Å²) in [6, 6.07) is 13.5. The number of benzene rings is 2. The summed E-state index contributed by atoms with van der Waals surface area (Å²) in [5.41, 5.74) is 8.34. The Morgan fingerprint density at radius 1 is 1.10 bits per heavy atom. The van der Waals surface area contributed by atoms with Crippen molar-refractivity contribution in [1.29, 1.82) is 0 Å². The van der Waals surface area contributed by atoms with E-state index in [2.05, 4.69) is 0 Å². The second kappa shape index (κ2) is 4.78. The lowest BCUT2D eigenvalue weighted by molar-refractivity contribution is 0.00433. The molecule has 0 atom stereocenters. The van der Waals surface area contributed by atoms with Crippen molar-refractivity contribution in [3.63, 3.8) is 0 Å². The van der Waals surface area contributed by atoms with Crippen LogP contribution in [0.15, 0.2) is 48.5 Å². The minimum absolute atomic E-state index is 0.0531. The predicted octanol–water partition coefficient (Wildman–Crippen LogP) is 3.42. The van der Waals surface area contributed by atoms with Gasteiger partial charge in [0.1, 0.15) is 0 Å². The van der Waals surface area contributed by atoms with Gasteiger partial charge in [-0.05, 0) is 24.1 Å². The maximum Gasteiger partial charge on any atom is 0.290 e. The van der Waals surface area contributed by atoms with E-state index < -0.39 is 5.92 Å². The maximum absolute atomic E-state index is 14.3. The zero-order valence-corrected chi connectivity index (χ0v) is 11.0. The number of alkyl halides is 2. The van der Waals surface area contributed by atoms with Crippen molar-refractivity contribution in [2.45, 2.75) is 12.3 Å². The highest BCUT2D eigenvalue weighted by atomic mass is 19.3. The van der Waals surface area contributed by atoms with Crippen molar-refractivity contribution in [2.75, 3.05) is 23.7 Å². The molecule has 2 nitrogen and oxygen atoms in total. The molecular formula is C16H16F2N2. The average Bonchev–Trinajstić information content (AvgIpc) is 2.82. The van der Waals surface area contributed by atoms with Gasteiger partial charge in [-0.2, -0.15) is 8.78 Å². The van der Waals surface area contributed by atoms with Gasteiger partial charge in [-0.15, -0.1) is 0 Å². The van der Waals surface area contributed by atoms with Gasteiger partial charge in [-0.1, -0.05) is 36.4 Å². The van der Waals surface area contributed by atoms with E-state index in [0.29, 0.717) is 12.2 Å². The molecule has 2 aromatic carbocycles. The summed E-state index contributed by atoms with van der Waals surface area (Å²) in [6.07, 6.45) is 0.792. The van der Waals surface area contributed by atoms with Gasteiger partial charge < -0.3 is 10.6 Å². The molecule has 0 unspecified atom stereocenters. The van der Waals surface area contributed by atoms with Crippen molar-refractivity contribution in [3.8, 4) is 0 Å². The molecule has 1 heterocycles. The predicted molar refractivity (Wildman–Crippen MR) is 77.1 cm³/mol. The molecule has 3 rings (SSSR count). The number of anilines is 2. The third-order valence-corrected chi connectivity index (χ3v) is 3.69. The molecule has 2 aromatic rings. The standard InChI is InChI=1S/C16H16F2N2/c17-16(18,13-4-2-1-3-5-13)11-20-9-8-12-6-7-14(19)10-15(12)20/h1-7,10H,8-9,11,19H2. The summed E-state index contributed by atoms with van der Waals surface area (Å²) in [5, 5.41) is 0. The summed E-state index contributed by atoms with van der Waals surface area (Å²) in [4.78, 5) is 1.72. The Morgan fingerprint density at radius 3 is 2.60 bits per heavy atom. The van der Waals surface area contributed by atoms with Crippen LogP contribution in [0.25, 0.3) is 0 Å². The number of nitrogens with zero attached hydrogens (tertiary/aromatic N) is 1. The Kier molecular flexibility index (Phi) is 3.08. The van der Waals surface area contributed by atoms with Crippen LogP contribution >= 0.6 is 0 Å². The van der Waals surface area contributed by atoms with Gasteiger partial charge in [0, 0.05) is 23.5 Å². The van der Waals surface area contributed by atoms with Gasteiger partial charge in [0.05, 0.1) is 6.54 Å². The molecule has 0 saturated carbocycles. The molecule has 0 amide bonds. The Labute approximate surface area is 116 Å². The first-order valence-electron chi connectivity index (χ1n) is 6.63. The fourth-order valence-corrected chi connectivity index (χ4v) is 2.64. The lowest BCUT2D eigenvalue weighted by atomic mass is 10.1. The van der Waals surface area contributed by atoms with Crippen LogP contribution in [0.2, 0.25) is 0 Å². The molecule has 0 saturated heterocycles. The fourth-order valence-electron chi connectivity index (χ4n) is 2.64. The van der Waals surface area contributed by atoms with Crippen molar-refractivity contribution < 1.29 is 8.78 Å². The number of nitrogen functional groups attached to an aromatic ring is 1. The highest BCUT2D eigenvalue weighted by Crippen LogP contribution is 2.35. The fraction of sp³-hybridized carbons (Fsp3) is 0.250. The van der Waals surface area contributed by atoms with Crippen LogP contribution in [-0.2, 0) is 12.3 Å². The minimum Gasteiger partial charge on any atom is -0.399 e. The summed E-state index contributed by atoms with van der Waals surface area (Å²) in [5.74, 6) is -2.87. The number of fused-ring (bicyclic) bond motifs is 1. The van der Waals surface area contributed by atoms with E-state index in [0.717, 1.165) is 17.7 Å². The lowest BCUT2D eigenvalue weighted by Gasteiger charge is -2.26. The largest absolute Gasteiger partial charge is 0.399 e. The Hall–Kier alpha value is -2.10. The van der Waals surface area contributed by atoms with Gasteiger partial charge in [0.25, 0.3) is 5.92 Å². The smallest absolute Gasteiger partial charge is 0.290 e. The molecule has 1 aliphatic heterocycles. The van der Waals surface area contributed by atoms with Gasteiger partial charge in [-0.3, -0.25) is 0 Å². The van der Waals surface area contributed by atoms with Crippen LogP contribution < -0.4 is 10.6 Å².